The quantitative estimate of drug-likeness (QED) is 0.470. The first kappa shape index (κ1) is 7.87. The Labute approximate surface area is 67.2 Å². The van der Waals surface area contributed by atoms with Gasteiger partial charge in [-0.3, -0.25) is 4.68 Å². The number of rotatable bonds is 3. The third kappa shape index (κ3) is 2.46. The van der Waals surface area contributed by atoms with Gasteiger partial charge in [-0.1, -0.05) is 0 Å². The Morgan fingerprint density at radius 2 is 2.55 bits per heavy atom. The standard InChI is InChI=1S/C9H12N2/c1-3-4-5-7-11-8-6-9(2)10-11/h1,6,8H,4-5,7H2,2H3. The molecular formula is C9H12N2. The van der Waals surface area contributed by atoms with Gasteiger partial charge in [-0.15, -0.1) is 12.3 Å². The summed E-state index contributed by atoms with van der Waals surface area (Å²) in [6.07, 6.45) is 8.94. The predicted octanol–water partition coefficient (Wildman–Crippen LogP) is 1.60. The molecule has 11 heavy (non-hydrogen) atoms. The van der Waals surface area contributed by atoms with Crippen LogP contribution in [0.3, 0.4) is 0 Å². The van der Waals surface area contributed by atoms with Crippen molar-refractivity contribution in [2.75, 3.05) is 0 Å². The Balaban J connectivity index is 2.34. The molecule has 1 aromatic heterocycles. The highest BCUT2D eigenvalue weighted by Crippen LogP contribution is 1.95. The first-order valence-corrected chi connectivity index (χ1v) is 3.76. The summed E-state index contributed by atoms with van der Waals surface area (Å²) in [7, 11) is 0. The van der Waals surface area contributed by atoms with Gasteiger partial charge in [0.1, 0.15) is 0 Å². The molecule has 2 heteroatoms. The summed E-state index contributed by atoms with van der Waals surface area (Å²) in [4.78, 5) is 0. The third-order valence-corrected chi connectivity index (χ3v) is 1.48. The fourth-order valence-corrected chi connectivity index (χ4v) is 0.931. The van der Waals surface area contributed by atoms with Crippen molar-refractivity contribution in [1.29, 1.82) is 0 Å². The summed E-state index contributed by atoms with van der Waals surface area (Å²) in [5.41, 5.74) is 1.06. The Morgan fingerprint density at radius 3 is 3.09 bits per heavy atom. The van der Waals surface area contributed by atoms with Gasteiger partial charge in [-0.25, -0.2) is 0 Å². The van der Waals surface area contributed by atoms with Crippen LogP contribution in [0.2, 0.25) is 0 Å². The maximum Gasteiger partial charge on any atom is 0.0593 e. The van der Waals surface area contributed by atoms with Crippen molar-refractivity contribution in [2.24, 2.45) is 0 Å². The topological polar surface area (TPSA) is 17.8 Å². The van der Waals surface area contributed by atoms with Gasteiger partial charge in [0.25, 0.3) is 0 Å². The summed E-state index contributed by atoms with van der Waals surface area (Å²) < 4.78 is 1.92. The summed E-state index contributed by atoms with van der Waals surface area (Å²) in [5.74, 6) is 2.60. The minimum Gasteiger partial charge on any atom is -0.272 e. The largest absolute Gasteiger partial charge is 0.272 e. The number of hydrogen-bond donors (Lipinski definition) is 0. The number of aromatic nitrogens is 2. The lowest BCUT2D eigenvalue weighted by Gasteiger charge is -1.96. The normalized spacial score (nSPS) is 9.45. The Hall–Kier alpha value is -1.23. The van der Waals surface area contributed by atoms with Crippen molar-refractivity contribution >= 4 is 0 Å². The molecule has 0 saturated heterocycles. The average molecular weight is 148 g/mol. The van der Waals surface area contributed by atoms with Crippen LogP contribution in [0.5, 0.6) is 0 Å². The molecule has 1 rings (SSSR count). The molecule has 0 amide bonds. The van der Waals surface area contributed by atoms with E-state index in [2.05, 4.69) is 11.0 Å². The van der Waals surface area contributed by atoms with Gasteiger partial charge in [0, 0.05) is 19.2 Å². The molecule has 0 spiro atoms. The minimum atomic E-state index is 0.832. The molecule has 0 atom stereocenters. The predicted molar refractivity (Wildman–Crippen MR) is 45.0 cm³/mol. The van der Waals surface area contributed by atoms with Crippen LogP contribution in [-0.2, 0) is 6.54 Å². The molecule has 0 fully saturated rings. The second-order valence-electron chi connectivity index (χ2n) is 2.53. The lowest BCUT2D eigenvalue weighted by Crippen LogP contribution is -1.97. The van der Waals surface area contributed by atoms with E-state index in [-0.39, 0.29) is 0 Å². The molecule has 0 bridgehead atoms. The molecule has 0 aliphatic rings. The molecule has 0 aliphatic heterocycles. The van der Waals surface area contributed by atoms with Crippen molar-refractivity contribution in [2.45, 2.75) is 26.3 Å². The van der Waals surface area contributed by atoms with Gasteiger partial charge < -0.3 is 0 Å². The van der Waals surface area contributed by atoms with Crippen LogP contribution in [0.25, 0.3) is 0 Å². The van der Waals surface area contributed by atoms with E-state index in [1.807, 2.05) is 23.9 Å². The number of terminal acetylenes is 1. The molecule has 0 saturated carbocycles. The van der Waals surface area contributed by atoms with E-state index >= 15 is 0 Å². The first-order valence-electron chi connectivity index (χ1n) is 3.76. The number of nitrogens with zero attached hydrogens (tertiary/aromatic N) is 2. The smallest absolute Gasteiger partial charge is 0.0593 e. The highest BCUT2D eigenvalue weighted by atomic mass is 15.3. The minimum absolute atomic E-state index is 0.832. The van der Waals surface area contributed by atoms with E-state index in [0.29, 0.717) is 0 Å². The molecule has 1 aromatic rings. The fraction of sp³-hybridized carbons (Fsp3) is 0.444. The first-order chi connectivity index (χ1) is 5.33. The van der Waals surface area contributed by atoms with Gasteiger partial charge in [0.05, 0.1) is 5.69 Å². The van der Waals surface area contributed by atoms with E-state index in [9.17, 15) is 0 Å². The zero-order valence-electron chi connectivity index (χ0n) is 6.75. The van der Waals surface area contributed by atoms with Crippen molar-refractivity contribution in [1.82, 2.24) is 9.78 Å². The third-order valence-electron chi connectivity index (χ3n) is 1.48. The van der Waals surface area contributed by atoms with Gasteiger partial charge >= 0.3 is 0 Å². The van der Waals surface area contributed by atoms with Crippen LogP contribution in [0, 0.1) is 19.3 Å². The zero-order chi connectivity index (χ0) is 8.10. The Morgan fingerprint density at radius 1 is 1.73 bits per heavy atom. The highest BCUT2D eigenvalue weighted by molar-refractivity contribution is 4.94. The van der Waals surface area contributed by atoms with Gasteiger partial charge in [0.15, 0.2) is 0 Å². The van der Waals surface area contributed by atoms with E-state index in [4.69, 9.17) is 6.42 Å². The molecular weight excluding hydrogens is 136 g/mol. The van der Waals surface area contributed by atoms with Gasteiger partial charge in [-0.05, 0) is 19.4 Å². The van der Waals surface area contributed by atoms with Crippen molar-refractivity contribution in [3.8, 4) is 12.3 Å². The van der Waals surface area contributed by atoms with E-state index in [1.165, 1.54) is 0 Å². The Kier molecular flexibility index (Phi) is 2.74. The highest BCUT2D eigenvalue weighted by Gasteiger charge is 1.91. The molecule has 2 nitrogen and oxygen atoms in total. The summed E-state index contributed by atoms with van der Waals surface area (Å²) in [6, 6.07) is 2.00. The maximum atomic E-state index is 5.12. The molecule has 0 aliphatic carbocycles. The Bertz CT molecular complexity index is 255. The van der Waals surface area contributed by atoms with Gasteiger partial charge in [-0.2, -0.15) is 5.10 Å². The summed E-state index contributed by atoms with van der Waals surface area (Å²) >= 11 is 0. The van der Waals surface area contributed by atoms with Crippen LogP contribution in [0.15, 0.2) is 12.3 Å². The molecule has 0 aromatic carbocycles. The van der Waals surface area contributed by atoms with Crippen LogP contribution in [-0.4, -0.2) is 9.78 Å². The van der Waals surface area contributed by atoms with Crippen LogP contribution < -0.4 is 0 Å². The van der Waals surface area contributed by atoms with Crippen LogP contribution in [0.4, 0.5) is 0 Å². The van der Waals surface area contributed by atoms with E-state index < -0.39 is 0 Å². The summed E-state index contributed by atoms with van der Waals surface area (Å²) in [6.45, 7) is 2.91. The van der Waals surface area contributed by atoms with Crippen molar-refractivity contribution in [3.63, 3.8) is 0 Å². The maximum absolute atomic E-state index is 5.12. The van der Waals surface area contributed by atoms with Crippen molar-refractivity contribution in [3.05, 3.63) is 18.0 Å². The molecule has 1 heterocycles. The zero-order valence-corrected chi connectivity index (χ0v) is 6.75. The number of aryl methyl sites for hydroxylation is 2. The fourth-order valence-electron chi connectivity index (χ4n) is 0.931. The molecule has 58 valence electrons. The van der Waals surface area contributed by atoms with Gasteiger partial charge in [0.2, 0.25) is 0 Å². The average Bonchev–Trinajstić information content (AvgIpc) is 2.37. The lowest BCUT2D eigenvalue weighted by atomic mass is 10.3. The SMILES string of the molecule is C#CCCCn1ccc(C)n1. The number of hydrogen-bond acceptors (Lipinski definition) is 1. The monoisotopic (exact) mass is 148 g/mol. The lowest BCUT2D eigenvalue weighted by molar-refractivity contribution is 0.583. The number of unbranched alkanes of at least 4 members (excludes halogenated alkanes) is 1. The second-order valence-corrected chi connectivity index (χ2v) is 2.53. The second kappa shape index (κ2) is 3.82. The molecule has 0 radical (unpaired) electrons. The molecule has 0 unspecified atom stereocenters. The summed E-state index contributed by atoms with van der Waals surface area (Å²) in [5, 5.41) is 4.23. The van der Waals surface area contributed by atoms with E-state index in [1.54, 1.807) is 0 Å². The van der Waals surface area contributed by atoms with Crippen LogP contribution in [0.1, 0.15) is 18.5 Å². The van der Waals surface area contributed by atoms with Crippen LogP contribution >= 0.6 is 0 Å². The molecule has 0 N–H and O–H groups in total. The van der Waals surface area contributed by atoms with E-state index in [0.717, 1.165) is 25.1 Å². The van der Waals surface area contributed by atoms with Crippen molar-refractivity contribution < 1.29 is 0 Å².